The molecule has 3 heteroatoms. The van der Waals surface area contributed by atoms with Gasteiger partial charge in [-0.1, -0.05) is 19.4 Å². The number of anilines is 1. The highest BCUT2D eigenvalue weighted by Gasteiger charge is 2.48. The molecular formula is C16H24N2O. The van der Waals surface area contributed by atoms with E-state index in [4.69, 9.17) is 0 Å². The van der Waals surface area contributed by atoms with E-state index >= 15 is 0 Å². The number of nitrogens with zero attached hydrogens (tertiary/aromatic N) is 2. The third-order valence-electron chi connectivity index (χ3n) is 5.21. The molecule has 0 spiro atoms. The van der Waals surface area contributed by atoms with Gasteiger partial charge < -0.3 is 10.0 Å². The van der Waals surface area contributed by atoms with Crippen molar-refractivity contribution >= 4 is 5.82 Å². The summed E-state index contributed by atoms with van der Waals surface area (Å²) in [5.41, 5.74) is 0.793. The van der Waals surface area contributed by atoms with Crippen LogP contribution in [-0.2, 0) is 0 Å². The third-order valence-corrected chi connectivity index (χ3v) is 5.21. The molecule has 3 nitrogen and oxygen atoms in total. The van der Waals surface area contributed by atoms with E-state index < -0.39 is 5.60 Å². The Kier molecular flexibility index (Phi) is 3.25. The van der Waals surface area contributed by atoms with E-state index in [1.165, 1.54) is 18.4 Å². The predicted octanol–water partition coefficient (Wildman–Crippen LogP) is 2.77. The lowest BCUT2D eigenvalue weighted by Gasteiger charge is -2.40. The molecule has 3 atom stereocenters. The first kappa shape index (κ1) is 12.9. The summed E-state index contributed by atoms with van der Waals surface area (Å²) in [5.74, 6) is 2.17. The zero-order valence-corrected chi connectivity index (χ0v) is 12.0. The molecule has 2 fully saturated rings. The Balaban J connectivity index is 1.84. The second-order valence-corrected chi connectivity index (χ2v) is 6.26. The molecule has 104 valence electrons. The van der Waals surface area contributed by atoms with Gasteiger partial charge in [0, 0.05) is 25.2 Å². The van der Waals surface area contributed by atoms with Gasteiger partial charge in [0.15, 0.2) is 0 Å². The minimum absolute atomic E-state index is 0.424. The average molecular weight is 260 g/mol. The Morgan fingerprint density at radius 2 is 2.32 bits per heavy atom. The lowest BCUT2D eigenvalue weighted by Crippen LogP contribution is -2.44. The van der Waals surface area contributed by atoms with Gasteiger partial charge in [0.1, 0.15) is 5.82 Å². The summed E-state index contributed by atoms with van der Waals surface area (Å²) >= 11 is 0. The predicted molar refractivity (Wildman–Crippen MR) is 77.3 cm³/mol. The van der Waals surface area contributed by atoms with Crippen LogP contribution in [0, 0.1) is 18.8 Å². The lowest BCUT2D eigenvalue weighted by atomic mass is 9.69. The number of fused-ring (bicyclic) bond motifs is 1. The molecule has 0 unspecified atom stereocenters. The van der Waals surface area contributed by atoms with E-state index in [1.807, 2.05) is 12.3 Å². The minimum Gasteiger partial charge on any atom is -0.390 e. The van der Waals surface area contributed by atoms with E-state index in [-0.39, 0.29) is 0 Å². The molecule has 1 saturated heterocycles. The summed E-state index contributed by atoms with van der Waals surface area (Å²) < 4.78 is 0. The summed E-state index contributed by atoms with van der Waals surface area (Å²) in [6.45, 7) is 6.27. The summed E-state index contributed by atoms with van der Waals surface area (Å²) in [6, 6.07) is 4.11. The van der Waals surface area contributed by atoms with Crippen LogP contribution >= 0.6 is 0 Å². The van der Waals surface area contributed by atoms with Gasteiger partial charge in [-0.15, -0.1) is 0 Å². The van der Waals surface area contributed by atoms with Crippen LogP contribution in [0.25, 0.3) is 0 Å². The summed E-state index contributed by atoms with van der Waals surface area (Å²) in [4.78, 5) is 6.92. The van der Waals surface area contributed by atoms with Crippen molar-refractivity contribution in [2.45, 2.75) is 45.1 Å². The van der Waals surface area contributed by atoms with Crippen molar-refractivity contribution in [3.05, 3.63) is 23.9 Å². The highest BCUT2D eigenvalue weighted by molar-refractivity contribution is 5.47. The molecule has 1 aliphatic heterocycles. The largest absolute Gasteiger partial charge is 0.390 e. The van der Waals surface area contributed by atoms with Crippen LogP contribution in [0.15, 0.2) is 18.3 Å². The van der Waals surface area contributed by atoms with Crippen LogP contribution in [0.3, 0.4) is 0 Å². The van der Waals surface area contributed by atoms with Crippen molar-refractivity contribution in [1.29, 1.82) is 0 Å². The van der Waals surface area contributed by atoms with E-state index in [9.17, 15) is 5.11 Å². The quantitative estimate of drug-likeness (QED) is 0.888. The fourth-order valence-corrected chi connectivity index (χ4v) is 4.05. The van der Waals surface area contributed by atoms with E-state index in [0.29, 0.717) is 11.8 Å². The van der Waals surface area contributed by atoms with Crippen LogP contribution < -0.4 is 4.90 Å². The molecule has 1 aliphatic carbocycles. The van der Waals surface area contributed by atoms with Gasteiger partial charge in [0.2, 0.25) is 0 Å². The van der Waals surface area contributed by atoms with Gasteiger partial charge in [-0.25, -0.2) is 4.98 Å². The highest BCUT2D eigenvalue weighted by Crippen LogP contribution is 2.45. The Morgan fingerprint density at radius 3 is 3.05 bits per heavy atom. The topological polar surface area (TPSA) is 36.4 Å². The number of aliphatic hydroxyl groups is 1. The van der Waals surface area contributed by atoms with Gasteiger partial charge >= 0.3 is 0 Å². The molecule has 1 N–H and O–H groups in total. The van der Waals surface area contributed by atoms with Gasteiger partial charge in [-0.2, -0.15) is 0 Å². The van der Waals surface area contributed by atoms with E-state index in [2.05, 4.69) is 29.8 Å². The molecule has 0 radical (unpaired) electrons. The second-order valence-electron chi connectivity index (χ2n) is 6.26. The van der Waals surface area contributed by atoms with Crippen LogP contribution in [0.2, 0.25) is 0 Å². The standard InChI is InChI=1S/C16H24N2O/c1-3-16(19)8-4-7-13-10-18(11-14(13)16)15-12(2)6-5-9-17-15/h5-6,9,13-14,19H,3-4,7-8,10-11H2,1-2H3/t13-,14+,16-/m1/s1. The lowest BCUT2D eigenvalue weighted by molar-refractivity contribution is -0.0597. The fraction of sp³-hybridized carbons (Fsp3) is 0.688. The number of hydrogen-bond donors (Lipinski definition) is 1. The molecule has 1 saturated carbocycles. The molecule has 0 bridgehead atoms. The molecule has 19 heavy (non-hydrogen) atoms. The van der Waals surface area contributed by atoms with Gasteiger partial charge in [0.05, 0.1) is 5.60 Å². The minimum atomic E-state index is -0.444. The van der Waals surface area contributed by atoms with Gasteiger partial charge in [0.25, 0.3) is 0 Å². The smallest absolute Gasteiger partial charge is 0.131 e. The molecule has 2 aliphatic rings. The third kappa shape index (κ3) is 2.14. The maximum atomic E-state index is 10.8. The Morgan fingerprint density at radius 1 is 1.47 bits per heavy atom. The second kappa shape index (κ2) is 4.78. The van der Waals surface area contributed by atoms with Crippen molar-refractivity contribution in [3.8, 4) is 0 Å². The Bertz CT molecular complexity index is 462. The van der Waals surface area contributed by atoms with E-state index in [0.717, 1.165) is 31.7 Å². The van der Waals surface area contributed by atoms with Gasteiger partial charge in [-0.05, 0) is 43.7 Å². The molecular weight excluding hydrogens is 236 g/mol. The van der Waals surface area contributed by atoms with Crippen molar-refractivity contribution < 1.29 is 5.11 Å². The zero-order chi connectivity index (χ0) is 13.5. The molecule has 1 aromatic rings. The molecule has 0 amide bonds. The molecule has 0 aromatic carbocycles. The van der Waals surface area contributed by atoms with Crippen molar-refractivity contribution in [2.24, 2.45) is 11.8 Å². The fourth-order valence-electron chi connectivity index (χ4n) is 4.05. The van der Waals surface area contributed by atoms with Crippen LogP contribution in [0.4, 0.5) is 5.82 Å². The normalized spacial score (nSPS) is 34.4. The Labute approximate surface area is 115 Å². The Hall–Kier alpha value is -1.09. The molecule has 1 aromatic heterocycles. The van der Waals surface area contributed by atoms with Crippen molar-refractivity contribution in [3.63, 3.8) is 0 Å². The van der Waals surface area contributed by atoms with Gasteiger partial charge in [-0.3, -0.25) is 0 Å². The number of aryl methyl sites for hydroxylation is 1. The van der Waals surface area contributed by atoms with Crippen LogP contribution in [0.5, 0.6) is 0 Å². The van der Waals surface area contributed by atoms with Crippen LogP contribution in [-0.4, -0.2) is 28.8 Å². The number of pyridine rings is 1. The first-order chi connectivity index (χ1) is 9.14. The number of rotatable bonds is 2. The summed E-state index contributed by atoms with van der Waals surface area (Å²) in [5, 5.41) is 10.8. The van der Waals surface area contributed by atoms with Crippen molar-refractivity contribution in [1.82, 2.24) is 4.98 Å². The summed E-state index contributed by atoms with van der Waals surface area (Å²) in [6.07, 6.45) is 6.15. The SMILES string of the molecule is CC[C@@]1(O)CCC[C@@H]2CN(c3ncccc3C)C[C@@H]21. The summed E-state index contributed by atoms with van der Waals surface area (Å²) in [7, 11) is 0. The van der Waals surface area contributed by atoms with Crippen LogP contribution in [0.1, 0.15) is 38.2 Å². The zero-order valence-electron chi connectivity index (χ0n) is 12.0. The highest BCUT2D eigenvalue weighted by atomic mass is 16.3. The molecule has 3 rings (SSSR count). The number of hydrogen-bond acceptors (Lipinski definition) is 3. The maximum Gasteiger partial charge on any atom is 0.131 e. The average Bonchev–Trinajstić information content (AvgIpc) is 2.85. The molecule has 2 heterocycles. The maximum absolute atomic E-state index is 10.8. The monoisotopic (exact) mass is 260 g/mol. The first-order valence-electron chi connectivity index (χ1n) is 7.53. The number of aromatic nitrogens is 1. The van der Waals surface area contributed by atoms with Crippen molar-refractivity contribution in [2.75, 3.05) is 18.0 Å². The first-order valence-corrected chi connectivity index (χ1v) is 7.53. The van der Waals surface area contributed by atoms with E-state index in [1.54, 1.807) is 0 Å².